The van der Waals surface area contributed by atoms with Crippen molar-refractivity contribution in [3.05, 3.63) is 18.2 Å². The highest BCUT2D eigenvalue weighted by atomic mass is 32.1. The van der Waals surface area contributed by atoms with Crippen molar-refractivity contribution in [3.63, 3.8) is 0 Å². The molecule has 3 N–H and O–H groups in total. The van der Waals surface area contributed by atoms with Crippen molar-refractivity contribution in [1.29, 1.82) is 0 Å². The Hall–Kier alpha value is -0.870. The largest absolute Gasteiger partial charge is 0.499 e. The molecule has 0 saturated carbocycles. The van der Waals surface area contributed by atoms with Crippen molar-refractivity contribution in [2.24, 2.45) is 0 Å². The number of rotatable bonds is 0. The Morgan fingerprint density at radius 2 is 2.17 bits per heavy atom. The van der Waals surface area contributed by atoms with Crippen molar-refractivity contribution in [2.75, 3.05) is 5.73 Å². The summed E-state index contributed by atoms with van der Waals surface area (Å²) in [5.74, 6) is 0. The Kier molecular flexibility index (Phi) is 1.66. The molecule has 0 aliphatic rings. The highest BCUT2D eigenvalue weighted by molar-refractivity contribution is 7.81. The Balaban J connectivity index is 2.87. The molecule has 2 rings (SSSR count). The Morgan fingerprint density at radius 3 is 2.92 bits per heavy atom. The number of hydrogen-bond donors (Lipinski definition) is 3. The molecule has 0 aliphatic heterocycles. The summed E-state index contributed by atoms with van der Waals surface area (Å²) in [5.41, 5.74) is 6.29. The SMILES string of the molecule is Nc1ccc2c(S)c(O)sc2c1. The summed E-state index contributed by atoms with van der Waals surface area (Å²) in [6.45, 7) is 0. The lowest BCUT2D eigenvalue weighted by Crippen LogP contribution is -1.81. The molecule has 0 saturated heterocycles. The average molecular weight is 197 g/mol. The van der Waals surface area contributed by atoms with E-state index in [0.29, 0.717) is 10.6 Å². The van der Waals surface area contributed by atoms with Gasteiger partial charge in [-0.05, 0) is 12.1 Å². The molecular formula is C8H7NOS2. The number of thiol groups is 1. The topological polar surface area (TPSA) is 46.2 Å². The first-order chi connectivity index (χ1) is 5.68. The summed E-state index contributed by atoms with van der Waals surface area (Å²) in [6.07, 6.45) is 0. The molecule has 0 spiro atoms. The maximum atomic E-state index is 9.34. The van der Waals surface area contributed by atoms with E-state index in [2.05, 4.69) is 12.6 Å². The number of nitrogens with two attached hydrogens (primary N) is 1. The first-order valence-electron chi connectivity index (χ1n) is 3.38. The molecule has 0 bridgehead atoms. The van der Waals surface area contributed by atoms with E-state index in [9.17, 15) is 5.11 Å². The molecule has 1 heterocycles. The molecule has 2 nitrogen and oxygen atoms in total. The molecule has 1 aromatic carbocycles. The molecule has 0 fully saturated rings. The quantitative estimate of drug-likeness (QED) is 0.449. The lowest BCUT2D eigenvalue weighted by Gasteiger charge is -1.92. The third-order valence-corrected chi connectivity index (χ3v) is 3.23. The lowest BCUT2D eigenvalue weighted by molar-refractivity contribution is 0.480. The summed E-state index contributed by atoms with van der Waals surface area (Å²) >= 11 is 5.46. The van der Waals surface area contributed by atoms with Gasteiger partial charge in [-0.25, -0.2) is 0 Å². The third-order valence-electron chi connectivity index (χ3n) is 1.67. The zero-order chi connectivity index (χ0) is 8.72. The minimum absolute atomic E-state index is 0.249. The molecule has 1 aromatic heterocycles. The van der Waals surface area contributed by atoms with Gasteiger partial charge in [-0.15, -0.1) is 12.6 Å². The first kappa shape index (κ1) is 7.76. The molecule has 0 radical (unpaired) electrons. The third kappa shape index (κ3) is 1.04. The number of benzene rings is 1. The van der Waals surface area contributed by atoms with E-state index in [1.165, 1.54) is 11.3 Å². The number of thiophene rings is 1. The average Bonchev–Trinajstić information content (AvgIpc) is 2.28. The monoisotopic (exact) mass is 197 g/mol. The predicted molar refractivity (Wildman–Crippen MR) is 55.2 cm³/mol. The van der Waals surface area contributed by atoms with Gasteiger partial charge in [0.2, 0.25) is 0 Å². The summed E-state index contributed by atoms with van der Waals surface area (Å²) in [7, 11) is 0. The van der Waals surface area contributed by atoms with Gasteiger partial charge in [0, 0.05) is 15.8 Å². The number of anilines is 1. The first-order valence-corrected chi connectivity index (χ1v) is 4.65. The molecule has 4 heteroatoms. The van der Waals surface area contributed by atoms with Crippen LogP contribution in [0.15, 0.2) is 23.1 Å². The van der Waals surface area contributed by atoms with E-state index in [1.807, 2.05) is 12.1 Å². The van der Waals surface area contributed by atoms with Crippen LogP contribution in [0.5, 0.6) is 5.06 Å². The van der Waals surface area contributed by atoms with Crippen LogP contribution in [0.25, 0.3) is 10.1 Å². The van der Waals surface area contributed by atoms with Crippen LogP contribution >= 0.6 is 24.0 Å². The Morgan fingerprint density at radius 1 is 1.42 bits per heavy atom. The molecule has 0 aliphatic carbocycles. The molecule has 12 heavy (non-hydrogen) atoms. The Labute approximate surface area is 79.0 Å². The normalized spacial score (nSPS) is 10.8. The van der Waals surface area contributed by atoms with Crippen LogP contribution in [0.3, 0.4) is 0 Å². The van der Waals surface area contributed by atoms with Crippen LogP contribution in [0.4, 0.5) is 5.69 Å². The molecule has 62 valence electrons. The molecule has 0 amide bonds. The highest BCUT2D eigenvalue weighted by Crippen LogP contribution is 2.39. The number of fused-ring (bicyclic) bond motifs is 1. The van der Waals surface area contributed by atoms with Crippen molar-refractivity contribution in [2.45, 2.75) is 4.90 Å². The molecule has 2 aromatic rings. The second-order valence-corrected chi connectivity index (χ2v) is 3.99. The van der Waals surface area contributed by atoms with Crippen molar-refractivity contribution >= 4 is 39.7 Å². The van der Waals surface area contributed by atoms with E-state index in [-0.39, 0.29) is 5.06 Å². The maximum Gasteiger partial charge on any atom is 0.186 e. The summed E-state index contributed by atoms with van der Waals surface area (Å²) in [4.78, 5) is 0.634. The van der Waals surface area contributed by atoms with E-state index >= 15 is 0 Å². The van der Waals surface area contributed by atoms with Crippen molar-refractivity contribution < 1.29 is 5.11 Å². The summed E-state index contributed by atoms with van der Waals surface area (Å²) in [6, 6.07) is 5.50. The minimum atomic E-state index is 0.249. The zero-order valence-electron chi connectivity index (χ0n) is 6.11. The molecular weight excluding hydrogens is 190 g/mol. The van der Waals surface area contributed by atoms with Crippen LogP contribution in [0.1, 0.15) is 0 Å². The van der Waals surface area contributed by atoms with E-state index < -0.39 is 0 Å². The van der Waals surface area contributed by atoms with Crippen LogP contribution in [0.2, 0.25) is 0 Å². The van der Waals surface area contributed by atoms with Gasteiger partial charge in [-0.2, -0.15) is 0 Å². The predicted octanol–water partition coefficient (Wildman–Crippen LogP) is 2.48. The minimum Gasteiger partial charge on any atom is -0.499 e. The van der Waals surface area contributed by atoms with Crippen LogP contribution in [-0.4, -0.2) is 5.11 Å². The smallest absolute Gasteiger partial charge is 0.186 e. The second-order valence-electron chi connectivity index (χ2n) is 2.51. The summed E-state index contributed by atoms with van der Waals surface area (Å²) in [5, 5.41) is 10.5. The van der Waals surface area contributed by atoms with Gasteiger partial charge in [-0.3, -0.25) is 0 Å². The van der Waals surface area contributed by atoms with Gasteiger partial charge < -0.3 is 10.8 Å². The van der Waals surface area contributed by atoms with Crippen molar-refractivity contribution in [1.82, 2.24) is 0 Å². The number of hydrogen-bond acceptors (Lipinski definition) is 4. The van der Waals surface area contributed by atoms with Gasteiger partial charge in [0.15, 0.2) is 5.06 Å². The maximum absolute atomic E-state index is 9.34. The fourth-order valence-corrected chi connectivity index (χ4v) is 2.38. The van der Waals surface area contributed by atoms with E-state index in [0.717, 1.165) is 10.1 Å². The van der Waals surface area contributed by atoms with E-state index in [4.69, 9.17) is 5.73 Å². The van der Waals surface area contributed by atoms with Gasteiger partial charge >= 0.3 is 0 Å². The highest BCUT2D eigenvalue weighted by Gasteiger charge is 2.06. The standard InChI is InChI=1S/C8H7NOS2/c9-4-1-2-5-6(3-4)12-8(10)7(5)11/h1-3,10-11H,9H2. The molecule has 0 atom stereocenters. The zero-order valence-corrected chi connectivity index (χ0v) is 7.82. The second kappa shape index (κ2) is 2.57. The fourth-order valence-electron chi connectivity index (χ4n) is 1.09. The Bertz CT molecular complexity index is 436. The van der Waals surface area contributed by atoms with Crippen molar-refractivity contribution in [3.8, 4) is 5.06 Å². The van der Waals surface area contributed by atoms with Gasteiger partial charge in [-0.1, -0.05) is 17.4 Å². The van der Waals surface area contributed by atoms with Gasteiger partial charge in [0.25, 0.3) is 0 Å². The number of nitrogen functional groups attached to an aromatic ring is 1. The van der Waals surface area contributed by atoms with Crippen LogP contribution in [0, 0.1) is 0 Å². The van der Waals surface area contributed by atoms with Gasteiger partial charge in [0.1, 0.15) is 0 Å². The molecule has 0 unspecified atom stereocenters. The lowest BCUT2D eigenvalue weighted by atomic mass is 10.2. The van der Waals surface area contributed by atoms with Gasteiger partial charge in [0.05, 0.1) is 4.90 Å². The van der Waals surface area contributed by atoms with Crippen LogP contribution in [-0.2, 0) is 0 Å². The van der Waals surface area contributed by atoms with E-state index in [1.54, 1.807) is 6.07 Å². The number of aromatic hydroxyl groups is 1. The van der Waals surface area contributed by atoms with Crippen LogP contribution < -0.4 is 5.73 Å². The summed E-state index contributed by atoms with van der Waals surface area (Å²) < 4.78 is 0.970. The fraction of sp³-hybridized carbons (Fsp3) is 0.